The van der Waals surface area contributed by atoms with Crippen molar-refractivity contribution in [3.05, 3.63) is 12.7 Å². The van der Waals surface area contributed by atoms with Crippen LogP contribution < -0.4 is 5.32 Å². The number of alkyl halides is 1. The topological polar surface area (TPSA) is 32.3 Å². The molecule has 14 heavy (non-hydrogen) atoms. The van der Waals surface area contributed by atoms with Gasteiger partial charge in [0.05, 0.1) is 12.1 Å². The van der Waals surface area contributed by atoms with Crippen LogP contribution in [-0.2, 0) is 0 Å². The lowest BCUT2D eigenvalue weighted by Crippen LogP contribution is -2.41. The van der Waals surface area contributed by atoms with E-state index < -0.39 is 18.8 Å². The highest BCUT2D eigenvalue weighted by atomic mass is 19.1. The molecule has 0 aliphatic carbocycles. The molecule has 0 rings (SSSR count). The summed E-state index contributed by atoms with van der Waals surface area (Å²) in [5.41, 5.74) is 0. The standard InChI is InChI=1S/C11H22FNO/c1-3-5-6-7-11(14)10(9-12)13-8-4-2/h4,10-11,13-14H,2-3,5-9H2,1H3. The average Bonchev–Trinajstić information content (AvgIpc) is 2.19. The third-order valence-corrected chi connectivity index (χ3v) is 2.26. The molecule has 84 valence electrons. The molecule has 0 aromatic rings. The molecule has 0 bridgehead atoms. The van der Waals surface area contributed by atoms with Crippen molar-refractivity contribution in [2.75, 3.05) is 13.2 Å². The predicted octanol–water partition coefficient (Wildman–Crippen LogP) is 2.04. The molecule has 0 aliphatic heterocycles. The van der Waals surface area contributed by atoms with Gasteiger partial charge in [0, 0.05) is 6.54 Å². The number of nitrogens with one attached hydrogen (secondary N) is 1. The average molecular weight is 203 g/mol. The highest BCUT2D eigenvalue weighted by Gasteiger charge is 2.17. The van der Waals surface area contributed by atoms with E-state index in [4.69, 9.17) is 0 Å². The van der Waals surface area contributed by atoms with Crippen molar-refractivity contribution in [2.24, 2.45) is 0 Å². The van der Waals surface area contributed by atoms with Crippen molar-refractivity contribution < 1.29 is 9.50 Å². The van der Waals surface area contributed by atoms with Crippen molar-refractivity contribution >= 4 is 0 Å². The Balaban J connectivity index is 3.66. The van der Waals surface area contributed by atoms with E-state index in [1.165, 1.54) is 0 Å². The third kappa shape index (κ3) is 6.11. The van der Waals surface area contributed by atoms with Crippen LogP contribution in [0.15, 0.2) is 12.7 Å². The number of hydrogen-bond donors (Lipinski definition) is 2. The summed E-state index contributed by atoms with van der Waals surface area (Å²) in [5.74, 6) is 0. The van der Waals surface area contributed by atoms with Crippen LogP contribution in [0.4, 0.5) is 4.39 Å². The zero-order valence-electron chi connectivity index (χ0n) is 9.01. The Morgan fingerprint density at radius 3 is 2.71 bits per heavy atom. The monoisotopic (exact) mass is 203 g/mol. The van der Waals surface area contributed by atoms with Gasteiger partial charge in [-0.1, -0.05) is 32.3 Å². The summed E-state index contributed by atoms with van der Waals surface area (Å²) in [5, 5.41) is 12.5. The second-order valence-corrected chi connectivity index (χ2v) is 3.52. The van der Waals surface area contributed by atoms with Crippen LogP contribution >= 0.6 is 0 Å². The third-order valence-electron chi connectivity index (χ3n) is 2.26. The number of unbranched alkanes of at least 4 members (excludes halogenated alkanes) is 2. The lowest BCUT2D eigenvalue weighted by atomic mass is 10.0. The van der Waals surface area contributed by atoms with Crippen LogP contribution in [0.1, 0.15) is 32.6 Å². The van der Waals surface area contributed by atoms with Gasteiger partial charge in [-0.3, -0.25) is 0 Å². The number of aliphatic hydroxyl groups excluding tert-OH is 1. The molecular formula is C11H22FNO. The zero-order chi connectivity index (χ0) is 10.8. The molecule has 0 amide bonds. The molecule has 2 N–H and O–H groups in total. The lowest BCUT2D eigenvalue weighted by molar-refractivity contribution is 0.104. The molecule has 0 aliphatic rings. The Bertz CT molecular complexity index is 141. The van der Waals surface area contributed by atoms with Crippen LogP contribution in [0.25, 0.3) is 0 Å². The van der Waals surface area contributed by atoms with E-state index in [-0.39, 0.29) is 0 Å². The molecule has 0 radical (unpaired) electrons. The first-order valence-electron chi connectivity index (χ1n) is 5.34. The molecule has 0 heterocycles. The van der Waals surface area contributed by atoms with Crippen molar-refractivity contribution in [3.8, 4) is 0 Å². The lowest BCUT2D eigenvalue weighted by Gasteiger charge is -2.20. The fourth-order valence-corrected chi connectivity index (χ4v) is 1.33. The first kappa shape index (κ1) is 13.6. The van der Waals surface area contributed by atoms with E-state index >= 15 is 0 Å². The number of aliphatic hydroxyl groups is 1. The van der Waals surface area contributed by atoms with Crippen LogP contribution in [0.2, 0.25) is 0 Å². The molecule has 0 spiro atoms. The minimum absolute atomic E-state index is 0.440. The second kappa shape index (κ2) is 9.16. The van der Waals surface area contributed by atoms with Gasteiger partial charge in [-0.05, 0) is 6.42 Å². The Labute approximate surface area is 86.2 Å². The maximum absolute atomic E-state index is 12.5. The highest BCUT2D eigenvalue weighted by molar-refractivity contribution is 4.79. The molecule has 0 aromatic heterocycles. The molecule has 0 saturated carbocycles. The summed E-state index contributed by atoms with van der Waals surface area (Å²) in [6, 6.07) is -0.440. The molecule has 0 saturated heterocycles. The fraction of sp³-hybridized carbons (Fsp3) is 0.818. The molecular weight excluding hydrogens is 181 g/mol. The maximum Gasteiger partial charge on any atom is 0.107 e. The van der Waals surface area contributed by atoms with Crippen molar-refractivity contribution in [1.82, 2.24) is 5.32 Å². The number of hydrogen-bond acceptors (Lipinski definition) is 2. The number of halogens is 1. The van der Waals surface area contributed by atoms with E-state index in [0.717, 1.165) is 19.3 Å². The fourth-order valence-electron chi connectivity index (χ4n) is 1.33. The SMILES string of the molecule is C=CCNC(CF)C(O)CCCCC. The van der Waals surface area contributed by atoms with Crippen molar-refractivity contribution in [2.45, 2.75) is 44.8 Å². The van der Waals surface area contributed by atoms with E-state index in [9.17, 15) is 9.50 Å². The van der Waals surface area contributed by atoms with E-state index in [1.54, 1.807) is 6.08 Å². The van der Waals surface area contributed by atoms with Crippen molar-refractivity contribution in [3.63, 3.8) is 0 Å². The smallest absolute Gasteiger partial charge is 0.107 e. The highest BCUT2D eigenvalue weighted by Crippen LogP contribution is 2.07. The van der Waals surface area contributed by atoms with Gasteiger partial charge < -0.3 is 10.4 Å². The van der Waals surface area contributed by atoms with Gasteiger partial charge in [-0.25, -0.2) is 4.39 Å². The van der Waals surface area contributed by atoms with Crippen LogP contribution in [0, 0.1) is 0 Å². The largest absolute Gasteiger partial charge is 0.391 e. The molecule has 0 fully saturated rings. The van der Waals surface area contributed by atoms with Gasteiger partial charge >= 0.3 is 0 Å². The van der Waals surface area contributed by atoms with Gasteiger partial charge in [0.25, 0.3) is 0 Å². The zero-order valence-corrected chi connectivity index (χ0v) is 9.01. The first-order valence-corrected chi connectivity index (χ1v) is 5.34. The Morgan fingerprint density at radius 2 is 2.21 bits per heavy atom. The minimum atomic E-state index is -0.577. The summed E-state index contributed by atoms with van der Waals surface area (Å²) in [6.07, 6.45) is 4.94. The van der Waals surface area contributed by atoms with E-state index in [2.05, 4.69) is 18.8 Å². The minimum Gasteiger partial charge on any atom is -0.391 e. The molecule has 2 nitrogen and oxygen atoms in total. The van der Waals surface area contributed by atoms with Gasteiger partial charge in [0.2, 0.25) is 0 Å². The molecule has 0 aromatic carbocycles. The van der Waals surface area contributed by atoms with Gasteiger partial charge in [0.15, 0.2) is 0 Å². The molecule has 3 heteroatoms. The predicted molar refractivity (Wildman–Crippen MR) is 58.1 cm³/mol. The quantitative estimate of drug-likeness (QED) is 0.444. The normalized spacial score (nSPS) is 15.1. The first-order chi connectivity index (χ1) is 6.76. The summed E-state index contributed by atoms with van der Waals surface area (Å²) in [7, 11) is 0. The maximum atomic E-state index is 12.5. The van der Waals surface area contributed by atoms with Crippen LogP contribution in [0.3, 0.4) is 0 Å². The van der Waals surface area contributed by atoms with Crippen molar-refractivity contribution in [1.29, 1.82) is 0 Å². The molecule has 2 unspecified atom stereocenters. The van der Waals surface area contributed by atoms with E-state index in [0.29, 0.717) is 13.0 Å². The Morgan fingerprint density at radius 1 is 1.50 bits per heavy atom. The second-order valence-electron chi connectivity index (χ2n) is 3.52. The summed E-state index contributed by atoms with van der Waals surface area (Å²) in [4.78, 5) is 0. The molecule has 2 atom stereocenters. The summed E-state index contributed by atoms with van der Waals surface area (Å²) in [6.45, 7) is 5.66. The Hall–Kier alpha value is -0.410. The van der Waals surface area contributed by atoms with Gasteiger partial charge in [0.1, 0.15) is 6.67 Å². The number of rotatable bonds is 9. The van der Waals surface area contributed by atoms with E-state index in [1.807, 2.05) is 0 Å². The van der Waals surface area contributed by atoms with Gasteiger partial charge in [-0.2, -0.15) is 0 Å². The summed E-state index contributed by atoms with van der Waals surface area (Å²) >= 11 is 0. The van der Waals surface area contributed by atoms with Gasteiger partial charge in [-0.15, -0.1) is 6.58 Å². The summed E-state index contributed by atoms with van der Waals surface area (Å²) < 4.78 is 12.5. The Kier molecular flexibility index (Phi) is 8.89. The van der Waals surface area contributed by atoms with Crippen LogP contribution in [-0.4, -0.2) is 30.5 Å². The van der Waals surface area contributed by atoms with Crippen LogP contribution in [0.5, 0.6) is 0 Å².